The molecule has 0 aliphatic heterocycles. The smallest absolute Gasteiger partial charge is 0.294 e. The van der Waals surface area contributed by atoms with Gasteiger partial charge in [-0.15, -0.1) is 0 Å². The number of furan rings is 1. The second kappa shape index (κ2) is 7.21. The number of nitrogens with zero attached hydrogens (tertiary/aromatic N) is 1. The number of benzene rings is 1. The second-order valence-electron chi connectivity index (χ2n) is 6.03. The van der Waals surface area contributed by atoms with Crippen molar-refractivity contribution in [1.82, 2.24) is 9.88 Å². The van der Waals surface area contributed by atoms with Gasteiger partial charge in [-0.25, -0.2) is 0 Å². The van der Waals surface area contributed by atoms with Crippen LogP contribution < -0.4 is 5.32 Å². The third-order valence-corrected chi connectivity index (χ3v) is 4.20. The minimum Gasteiger partial charge on any atom is -0.467 e. The van der Waals surface area contributed by atoms with Crippen LogP contribution in [0.5, 0.6) is 0 Å². The van der Waals surface area contributed by atoms with E-state index in [9.17, 15) is 9.59 Å². The highest BCUT2D eigenvalue weighted by Crippen LogP contribution is 2.13. The Hall–Kier alpha value is -3.08. The maximum absolute atomic E-state index is 12.4. The van der Waals surface area contributed by atoms with E-state index in [0.29, 0.717) is 18.0 Å². The molecule has 0 unspecified atom stereocenters. The predicted octanol–water partition coefficient (Wildman–Crippen LogP) is 3.25. The fourth-order valence-corrected chi connectivity index (χ4v) is 2.63. The second-order valence-corrected chi connectivity index (χ2v) is 6.03. The summed E-state index contributed by atoms with van der Waals surface area (Å²) < 4.78 is 6.94. The summed E-state index contributed by atoms with van der Waals surface area (Å²) in [5, 5.41) is 2.59. The van der Waals surface area contributed by atoms with Crippen molar-refractivity contribution in [3.8, 4) is 0 Å². The predicted molar refractivity (Wildman–Crippen MR) is 94.3 cm³/mol. The molecule has 0 aliphatic rings. The average molecular weight is 336 g/mol. The van der Waals surface area contributed by atoms with Crippen LogP contribution in [0.25, 0.3) is 0 Å². The number of hydrogen-bond acceptors (Lipinski definition) is 3. The van der Waals surface area contributed by atoms with Crippen molar-refractivity contribution in [3.63, 3.8) is 0 Å². The van der Waals surface area contributed by atoms with E-state index in [1.165, 1.54) is 17.4 Å². The van der Waals surface area contributed by atoms with Gasteiger partial charge in [-0.1, -0.05) is 18.2 Å². The van der Waals surface area contributed by atoms with Gasteiger partial charge in [0.1, 0.15) is 5.76 Å². The Labute approximate surface area is 146 Å². The highest BCUT2D eigenvalue weighted by molar-refractivity contribution is 6.42. The molecule has 0 saturated heterocycles. The summed E-state index contributed by atoms with van der Waals surface area (Å²) in [6, 6.07) is 13.1. The summed E-state index contributed by atoms with van der Waals surface area (Å²) in [5.41, 5.74) is 3.89. The zero-order chi connectivity index (χ0) is 17.8. The number of carbonyl (C=O) groups excluding carboxylic acids is 2. The Kier molecular flexibility index (Phi) is 4.84. The highest BCUT2D eigenvalue weighted by atomic mass is 16.3. The van der Waals surface area contributed by atoms with Crippen LogP contribution in [-0.2, 0) is 17.9 Å². The normalized spacial score (nSPS) is 10.6. The molecule has 1 amide bonds. The summed E-state index contributed by atoms with van der Waals surface area (Å²) in [4.78, 5) is 24.6. The number of aromatic nitrogens is 1. The van der Waals surface area contributed by atoms with Crippen LogP contribution >= 0.6 is 0 Å². The minimum absolute atomic E-state index is 0.190. The number of ketones is 1. The van der Waals surface area contributed by atoms with Crippen molar-refractivity contribution in [3.05, 3.63) is 83.1 Å². The first-order chi connectivity index (χ1) is 12.0. The SMILES string of the molecule is Cc1ccc(Cn2cccc2C(=O)C(=O)NCc2ccco2)cc1C. The molecule has 5 heteroatoms. The van der Waals surface area contributed by atoms with Gasteiger partial charge in [-0.3, -0.25) is 9.59 Å². The molecule has 0 aliphatic carbocycles. The fraction of sp³-hybridized carbons (Fsp3) is 0.200. The van der Waals surface area contributed by atoms with Crippen LogP contribution in [0.4, 0.5) is 0 Å². The van der Waals surface area contributed by atoms with E-state index in [2.05, 4.69) is 31.3 Å². The first kappa shape index (κ1) is 16.8. The van der Waals surface area contributed by atoms with Gasteiger partial charge in [-0.05, 0) is 54.8 Å². The van der Waals surface area contributed by atoms with Gasteiger partial charge in [0, 0.05) is 12.7 Å². The maximum Gasteiger partial charge on any atom is 0.294 e. The highest BCUT2D eigenvalue weighted by Gasteiger charge is 2.19. The molecule has 128 valence electrons. The Bertz CT molecular complexity index is 892. The molecule has 0 fully saturated rings. The van der Waals surface area contributed by atoms with Gasteiger partial charge >= 0.3 is 0 Å². The van der Waals surface area contributed by atoms with Gasteiger partial charge < -0.3 is 14.3 Å². The molecule has 3 rings (SSSR count). The Morgan fingerprint density at radius 2 is 1.92 bits per heavy atom. The fourth-order valence-electron chi connectivity index (χ4n) is 2.63. The summed E-state index contributed by atoms with van der Waals surface area (Å²) in [5.74, 6) is -0.594. The van der Waals surface area contributed by atoms with E-state index in [0.717, 1.165) is 5.56 Å². The number of rotatable bonds is 6. The van der Waals surface area contributed by atoms with Crippen molar-refractivity contribution in [2.75, 3.05) is 0 Å². The maximum atomic E-state index is 12.4. The largest absolute Gasteiger partial charge is 0.467 e. The van der Waals surface area contributed by atoms with E-state index in [1.54, 1.807) is 28.8 Å². The Morgan fingerprint density at radius 3 is 2.64 bits per heavy atom. The lowest BCUT2D eigenvalue weighted by Gasteiger charge is -2.10. The molecule has 2 aromatic heterocycles. The minimum atomic E-state index is -0.642. The lowest BCUT2D eigenvalue weighted by molar-refractivity contribution is -0.117. The lowest BCUT2D eigenvalue weighted by atomic mass is 10.1. The monoisotopic (exact) mass is 336 g/mol. The third-order valence-electron chi connectivity index (χ3n) is 4.20. The molecule has 1 aromatic carbocycles. The zero-order valence-corrected chi connectivity index (χ0v) is 14.3. The summed E-state index contributed by atoms with van der Waals surface area (Å²) in [6.45, 7) is 4.85. The topological polar surface area (TPSA) is 64.2 Å². The molecule has 0 atom stereocenters. The Morgan fingerprint density at radius 1 is 1.08 bits per heavy atom. The summed E-state index contributed by atoms with van der Waals surface area (Å²) >= 11 is 0. The van der Waals surface area contributed by atoms with Gasteiger partial charge in [0.05, 0.1) is 18.5 Å². The van der Waals surface area contributed by atoms with Crippen LogP contribution in [0.2, 0.25) is 0 Å². The molecule has 3 aromatic rings. The standard InChI is InChI=1S/C20H20N2O3/c1-14-7-8-16(11-15(14)2)13-22-9-3-6-18(22)19(23)20(24)21-12-17-5-4-10-25-17/h3-11H,12-13H2,1-2H3,(H,21,24). The average Bonchev–Trinajstić information content (AvgIpc) is 3.27. The van der Waals surface area contributed by atoms with E-state index in [1.807, 2.05) is 12.3 Å². The van der Waals surface area contributed by atoms with Crippen molar-refractivity contribution in [2.24, 2.45) is 0 Å². The van der Waals surface area contributed by atoms with Crippen LogP contribution in [0.15, 0.2) is 59.3 Å². The number of hydrogen-bond donors (Lipinski definition) is 1. The van der Waals surface area contributed by atoms with Crippen molar-refractivity contribution in [2.45, 2.75) is 26.9 Å². The molecule has 0 bridgehead atoms. The molecular weight excluding hydrogens is 316 g/mol. The number of Topliss-reactive ketones (excluding diaryl/α,β-unsaturated/α-hetero) is 1. The molecule has 25 heavy (non-hydrogen) atoms. The van der Waals surface area contributed by atoms with E-state index < -0.39 is 11.7 Å². The van der Waals surface area contributed by atoms with Crippen LogP contribution in [0.3, 0.4) is 0 Å². The van der Waals surface area contributed by atoms with E-state index in [4.69, 9.17) is 4.42 Å². The zero-order valence-electron chi connectivity index (χ0n) is 14.3. The number of aryl methyl sites for hydroxylation is 2. The quantitative estimate of drug-likeness (QED) is 0.555. The summed E-state index contributed by atoms with van der Waals surface area (Å²) in [7, 11) is 0. The van der Waals surface area contributed by atoms with Gasteiger partial charge in [0.25, 0.3) is 11.7 Å². The van der Waals surface area contributed by atoms with Crippen LogP contribution in [0, 0.1) is 13.8 Å². The molecule has 5 nitrogen and oxygen atoms in total. The van der Waals surface area contributed by atoms with Gasteiger partial charge in [0.2, 0.25) is 0 Å². The van der Waals surface area contributed by atoms with Crippen molar-refractivity contribution in [1.29, 1.82) is 0 Å². The first-order valence-corrected chi connectivity index (χ1v) is 8.11. The van der Waals surface area contributed by atoms with Gasteiger partial charge in [0.15, 0.2) is 0 Å². The number of nitrogens with one attached hydrogen (secondary N) is 1. The molecule has 2 heterocycles. The Balaban J connectivity index is 1.70. The van der Waals surface area contributed by atoms with Crippen molar-refractivity contribution >= 4 is 11.7 Å². The first-order valence-electron chi connectivity index (χ1n) is 8.11. The third kappa shape index (κ3) is 3.88. The molecular formula is C20H20N2O3. The van der Waals surface area contributed by atoms with E-state index in [-0.39, 0.29) is 6.54 Å². The summed E-state index contributed by atoms with van der Waals surface area (Å²) in [6.07, 6.45) is 3.33. The number of amides is 1. The van der Waals surface area contributed by atoms with Crippen LogP contribution in [0.1, 0.15) is 32.9 Å². The van der Waals surface area contributed by atoms with E-state index >= 15 is 0 Å². The number of carbonyl (C=O) groups is 2. The lowest BCUT2D eigenvalue weighted by Crippen LogP contribution is -2.31. The van der Waals surface area contributed by atoms with Crippen LogP contribution in [-0.4, -0.2) is 16.3 Å². The molecule has 0 saturated carbocycles. The van der Waals surface area contributed by atoms with Gasteiger partial charge in [-0.2, -0.15) is 0 Å². The van der Waals surface area contributed by atoms with Crippen molar-refractivity contribution < 1.29 is 14.0 Å². The molecule has 0 radical (unpaired) electrons. The molecule has 1 N–H and O–H groups in total. The molecule has 0 spiro atoms.